The van der Waals surface area contributed by atoms with E-state index in [9.17, 15) is 4.79 Å². The molecule has 2 aromatic heterocycles. The van der Waals surface area contributed by atoms with E-state index in [1.165, 1.54) is 11.8 Å². The van der Waals surface area contributed by atoms with Crippen molar-refractivity contribution in [2.75, 3.05) is 6.54 Å². The number of carbonyl (C=O) groups is 1. The molecule has 2 rings (SSSR count). The minimum atomic E-state index is -0.156. The fraction of sp³-hybridized carbons (Fsp3) is 0.214. The first kappa shape index (κ1) is 14.3. The minimum absolute atomic E-state index is 0.156. The van der Waals surface area contributed by atoms with Crippen LogP contribution in [0, 0.1) is 6.92 Å². The summed E-state index contributed by atoms with van der Waals surface area (Å²) in [5, 5.41) is 7.34. The number of pyridine rings is 1. The SMILES string of the molecule is C=CCNC(=O)c1cccnc1SCc1cc(C)on1. The Balaban J connectivity index is 2.07. The first-order valence-electron chi connectivity index (χ1n) is 6.10. The summed E-state index contributed by atoms with van der Waals surface area (Å²) in [6.07, 6.45) is 3.31. The fourth-order valence-electron chi connectivity index (χ4n) is 1.57. The summed E-state index contributed by atoms with van der Waals surface area (Å²) in [6, 6.07) is 5.36. The Morgan fingerprint density at radius 3 is 3.15 bits per heavy atom. The Kier molecular flexibility index (Phi) is 4.95. The lowest BCUT2D eigenvalue weighted by molar-refractivity contribution is 0.0954. The molecule has 0 unspecified atom stereocenters. The molecule has 0 bridgehead atoms. The average molecular weight is 289 g/mol. The molecule has 20 heavy (non-hydrogen) atoms. The number of hydrogen-bond acceptors (Lipinski definition) is 5. The maximum absolute atomic E-state index is 12.0. The molecule has 0 aliphatic carbocycles. The standard InChI is InChI=1S/C14H15N3O2S/c1-3-6-15-13(18)12-5-4-7-16-14(12)20-9-11-8-10(2)19-17-11/h3-5,7-8H,1,6,9H2,2H3,(H,15,18). The normalized spacial score (nSPS) is 10.2. The summed E-state index contributed by atoms with van der Waals surface area (Å²) < 4.78 is 5.01. The largest absolute Gasteiger partial charge is 0.361 e. The van der Waals surface area contributed by atoms with Crippen LogP contribution >= 0.6 is 11.8 Å². The number of rotatable bonds is 6. The van der Waals surface area contributed by atoms with Crippen molar-refractivity contribution in [3.63, 3.8) is 0 Å². The van der Waals surface area contributed by atoms with Crippen molar-refractivity contribution >= 4 is 17.7 Å². The quantitative estimate of drug-likeness (QED) is 0.654. The molecular formula is C14H15N3O2S. The Labute approximate surface area is 121 Å². The van der Waals surface area contributed by atoms with Gasteiger partial charge >= 0.3 is 0 Å². The van der Waals surface area contributed by atoms with Crippen molar-refractivity contribution in [3.8, 4) is 0 Å². The lowest BCUT2D eigenvalue weighted by Crippen LogP contribution is -2.24. The number of nitrogens with one attached hydrogen (secondary N) is 1. The number of aryl methyl sites for hydroxylation is 1. The zero-order chi connectivity index (χ0) is 14.4. The molecule has 0 saturated carbocycles. The molecule has 0 aliphatic heterocycles. The maximum Gasteiger partial charge on any atom is 0.254 e. The van der Waals surface area contributed by atoms with Crippen LogP contribution in [0.4, 0.5) is 0 Å². The third kappa shape index (κ3) is 3.71. The van der Waals surface area contributed by atoms with E-state index in [0.717, 1.165) is 11.5 Å². The van der Waals surface area contributed by atoms with Gasteiger partial charge in [-0.1, -0.05) is 23.0 Å². The molecule has 0 radical (unpaired) electrons. The predicted octanol–water partition coefficient (Wildman–Crippen LogP) is 2.59. The summed E-state index contributed by atoms with van der Waals surface area (Å²) in [5.41, 5.74) is 1.38. The Bertz CT molecular complexity index is 610. The number of carbonyl (C=O) groups excluding carboxylic acids is 1. The molecule has 1 amide bonds. The van der Waals surface area contributed by atoms with Crippen LogP contribution in [0.5, 0.6) is 0 Å². The van der Waals surface area contributed by atoms with Crippen molar-refractivity contribution in [3.05, 3.63) is 54.1 Å². The Morgan fingerprint density at radius 2 is 2.45 bits per heavy atom. The van der Waals surface area contributed by atoms with E-state index in [2.05, 4.69) is 22.0 Å². The van der Waals surface area contributed by atoms with E-state index < -0.39 is 0 Å². The second-order valence-corrected chi connectivity index (χ2v) is 5.04. The van der Waals surface area contributed by atoms with Gasteiger partial charge in [-0.25, -0.2) is 4.98 Å². The highest BCUT2D eigenvalue weighted by atomic mass is 32.2. The molecule has 1 N–H and O–H groups in total. The Morgan fingerprint density at radius 1 is 1.60 bits per heavy atom. The predicted molar refractivity (Wildman–Crippen MR) is 77.6 cm³/mol. The molecular weight excluding hydrogens is 274 g/mol. The topological polar surface area (TPSA) is 68.0 Å². The highest BCUT2D eigenvalue weighted by Crippen LogP contribution is 2.23. The molecule has 2 heterocycles. The van der Waals surface area contributed by atoms with Gasteiger partial charge in [0.15, 0.2) is 0 Å². The first-order valence-corrected chi connectivity index (χ1v) is 7.08. The van der Waals surface area contributed by atoms with Crippen LogP contribution in [-0.4, -0.2) is 22.6 Å². The van der Waals surface area contributed by atoms with E-state index in [-0.39, 0.29) is 5.91 Å². The number of amides is 1. The van der Waals surface area contributed by atoms with Crippen molar-refractivity contribution in [2.45, 2.75) is 17.7 Å². The van der Waals surface area contributed by atoms with Gasteiger partial charge < -0.3 is 9.84 Å². The second-order valence-electron chi connectivity index (χ2n) is 4.07. The van der Waals surface area contributed by atoms with Crippen LogP contribution in [0.3, 0.4) is 0 Å². The molecule has 0 spiro atoms. The van der Waals surface area contributed by atoms with E-state index in [4.69, 9.17) is 4.52 Å². The zero-order valence-electron chi connectivity index (χ0n) is 11.1. The van der Waals surface area contributed by atoms with Gasteiger partial charge in [-0.05, 0) is 19.1 Å². The summed E-state index contributed by atoms with van der Waals surface area (Å²) >= 11 is 1.45. The molecule has 0 aromatic carbocycles. The average Bonchev–Trinajstić information content (AvgIpc) is 2.88. The van der Waals surface area contributed by atoms with Crippen LogP contribution in [0.2, 0.25) is 0 Å². The van der Waals surface area contributed by atoms with Gasteiger partial charge in [0.25, 0.3) is 5.91 Å². The molecule has 0 saturated heterocycles. The van der Waals surface area contributed by atoms with Gasteiger partial charge in [0, 0.05) is 24.6 Å². The molecule has 2 aromatic rings. The van der Waals surface area contributed by atoms with Gasteiger partial charge in [-0.2, -0.15) is 0 Å². The lowest BCUT2D eigenvalue weighted by Gasteiger charge is -2.06. The number of nitrogens with zero attached hydrogens (tertiary/aromatic N) is 2. The minimum Gasteiger partial charge on any atom is -0.361 e. The van der Waals surface area contributed by atoms with Gasteiger partial charge in [0.05, 0.1) is 11.3 Å². The van der Waals surface area contributed by atoms with Gasteiger partial charge in [-0.15, -0.1) is 6.58 Å². The summed E-state index contributed by atoms with van der Waals surface area (Å²) in [7, 11) is 0. The van der Waals surface area contributed by atoms with Crippen molar-refractivity contribution in [2.24, 2.45) is 0 Å². The van der Waals surface area contributed by atoms with Crippen LogP contribution in [0.1, 0.15) is 21.8 Å². The monoisotopic (exact) mass is 289 g/mol. The van der Waals surface area contributed by atoms with Crippen LogP contribution < -0.4 is 5.32 Å². The third-order valence-electron chi connectivity index (χ3n) is 2.46. The number of aromatic nitrogens is 2. The lowest BCUT2D eigenvalue weighted by atomic mass is 10.2. The number of hydrogen-bond donors (Lipinski definition) is 1. The van der Waals surface area contributed by atoms with E-state index in [0.29, 0.717) is 22.9 Å². The summed E-state index contributed by atoms with van der Waals surface area (Å²) in [5.74, 6) is 1.22. The van der Waals surface area contributed by atoms with Gasteiger partial charge in [0.2, 0.25) is 0 Å². The number of thioether (sulfide) groups is 1. The second kappa shape index (κ2) is 6.91. The fourth-order valence-corrected chi connectivity index (χ4v) is 2.44. The molecule has 6 heteroatoms. The van der Waals surface area contributed by atoms with Crippen molar-refractivity contribution in [1.29, 1.82) is 0 Å². The van der Waals surface area contributed by atoms with Crippen molar-refractivity contribution < 1.29 is 9.32 Å². The zero-order valence-corrected chi connectivity index (χ0v) is 11.9. The first-order chi connectivity index (χ1) is 9.70. The Hall–Kier alpha value is -2.08. The summed E-state index contributed by atoms with van der Waals surface area (Å²) in [4.78, 5) is 16.2. The van der Waals surface area contributed by atoms with Gasteiger partial charge in [0.1, 0.15) is 10.8 Å². The summed E-state index contributed by atoms with van der Waals surface area (Å²) in [6.45, 7) is 5.85. The van der Waals surface area contributed by atoms with E-state index in [1.54, 1.807) is 24.4 Å². The molecule has 0 atom stereocenters. The molecule has 5 nitrogen and oxygen atoms in total. The highest BCUT2D eigenvalue weighted by molar-refractivity contribution is 7.98. The molecule has 0 fully saturated rings. The van der Waals surface area contributed by atoms with Gasteiger partial charge in [-0.3, -0.25) is 4.79 Å². The molecule has 0 aliphatic rings. The maximum atomic E-state index is 12.0. The molecule has 104 valence electrons. The van der Waals surface area contributed by atoms with E-state index >= 15 is 0 Å². The van der Waals surface area contributed by atoms with Crippen LogP contribution in [0.15, 0.2) is 46.6 Å². The van der Waals surface area contributed by atoms with E-state index in [1.807, 2.05) is 13.0 Å². The smallest absolute Gasteiger partial charge is 0.254 e. The van der Waals surface area contributed by atoms with Crippen LogP contribution in [0.25, 0.3) is 0 Å². The van der Waals surface area contributed by atoms with Crippen molar-refractivity contribution in [1.82, 2.24) is 15.5 Å². The third-order valence-corrected chi connectivity index (χ3v) is 3.50. The van der Waals surface area contributed by atoms with Crippen LogP contribution in [-0.2, 0) is 5.75 Å². The highest BCUT2D eigenvalue weighted by Gasteiger charge is 2.12.